The van der Waals surface area contributed by atoms with Crippen molar-refractivity contribution >= 4 is 17.5 Å². The molecule has 0 heterocycles. The first-order valence-corrected chi connectivity index (χ1v) is 9.98. The summed E-state index contributed by atoms with van der Waals surface area (Å²) in [6.07, 6.45) is 6.57. The number of esters is 1. The molecule has 4 nitrogen and oxygen atoms in total. The van der Waals surface area contributed by atoms with E-state index in [2.05, 4.69) is 13.8 Å². The molecular weight excluding hydrogens is 316 g/mol. The average Bonchev–Trinajstić information content (AvgIpc) is 2.84. The van der Waals surface area contributed by atoms with Crippen LogP contribution in [0.25, 0.3) is 0 Å². The Morgan fingerprint density at radius 2 is 1.80 bits per heavy atom. The third-order valence-electron chi connectivity index (χ3n) is 8.50. The molecule has 0 radical (unpaired) electrons. The van der Waals surface area contributed by atoms with Crippen molar-refractivity contribution < 1.29 is 19.1 Å². The summed E-state index contributed by atoms with van der Waals surface area (Å²) < 4.78 is 5.76. The summed E-state index contributed by atoms with van der Waals surface area (Å²) in [6.45, 7) is 5.97. The molecule has 138 valence electrons. The van der Waals surface area contributed by atoms with Gasteiger partial charge in [0.2, 0.25) is 0 Å². The van der Waals surface area contributed by atoms with Gasteiger partial charge in [-0.2, -0.15) is 0 Å². The van der Waals surface area contributed by atoms with Crippen molar-refractivity contribution in [3.8, 4) is 0 Å². The zero-order chi connectivity index (χ0) is 18.0. The molecule has 4 saturated carbocycles. The summed E-state index contributed by atoms with van der Waals surface area (Å²) in [5, 5.41) is 0. The smallest absolute Gasteiger partial charge is 0.302 e. The fourth-order valence-electron chi connectivity index (χ4n) is 7.17. The van der Waals surface area contributed by atoms with Gasteiger partial charge >= 0.3 is 5.97 Å². The Morgan fingerprint density at radius 3 is 2.52 bits per heavy atom. The van der Waals surface area contributed by atoms with Crippen molar-refractivity contribution in [1.82, 2.24) is 0 Å². The minimum Gasteiger partial charge on any atom is -0.462 e. The summed E-state index contributed by atoms with van der Waals surface area (Å²) in [4.78, 5) is 36.4. The van der Waals surface area contributed by atoms with E-state index in [-0.39, 0.29) is 28.8 Å². The number of hydrogen-bond acceptors (Lipinski definition) is 4. The SMILES string of the molecule is CC(=O)O[C@H]1C[C@@H]2[C@H](CC[C@]3(C)C(=O)CC[C@@H]23)[C@@]2(C)CCC(=O)C[C@H]12. The maximum absolute atomic E-state index is 12.5. The molecule has 0 saturated heterocycles. The first-order valence-electron chi connectivity index (χ1n) is 9.98. The van der Waals surface area contributed by atoms with Gasteiger partial charge in [0.25, 0.3) is 0 Å². The van der Waals surface area contributed by atoms with Crippen LogP contribution in [0.1, 0.15) is 72.1 Å². The fourth-order valence-corrected chi connectivity index (χ4v) is 7.17. The molecule has 0 aromatic rings. The lowest BCUT2D eigenvalue weighted by atomic mass is 9.44. The van der Waals surface area contributed by atoms with Gasteiger partial charge in [0, 0.05) is 37.5 Å². The predicted molar refractivity (Wildman–Crippen MR) is 92.7 cm³/mol. The number of carbonyl (C=O) groups is 3. The molecule has 0 bridgehead atoms. The highest BCUT2D eigenvalue weighted by molar-refractivity contribution is 5.87. The van der Waals surface area contributed by atoms with Crippen LogP contribution < -0.4 is 0 Å². The summed E-state index contributed by atoms with van der Waals surface area (Å²) in [6, 6.07) is 0. The van der Waals surface area contributed by atoms with Crippen LogP contribution in [-0.4, -0.2) is 23.6 Å². The highest BCUT2D eigenvalue weighted by atomic mass is 16.5. The van der Waals surface area contributed by atoms with Gasteiger partial charge in [0.15, 0.2) is 0 Å². The summed E-state index contributed by atoms with van der Waals surface area (Å²) in [7, 11) is 0. The van der Waals surface area contributed by atoms with Crippen LogP contribution in [-0.2, 0) is 19.1 Å². The molecule has 4 fully saturated rings. The van der Waals surface area contributed by atoms with E-state index in [0.717, 1.165) is 32.1 Å². The van der Waals surface area contributed by atoms with Gasteiger partial charge in [0.1, 0.15) is 17.7 Å². The highest BCUT2D eigenvalue weighted by Crippen LogP contribution is 2.65. The van der Waals surface area contributed by atoms with Crippen molar-refractivity contribution in [2.45, 2.75) is 78.2 Å². The van der Waals surface area contributed by atoms with Gasteiger partial charge in [-0.05, 0) is 55.3 Å². The van der Waals surface area contributed by atoms with Gasteiger partial charge in [-0.3, -0.25) is 14.4 Å². The van der Waals surface area contributed by atoms with Crippen LogP contribution in [0, 0.1) is 34.5 Å². The van der Waals surface area contributed by atoms with Crippen molar-refractivity contribution in [2.24, 2.45) is 34.5 Å². The Hall–Kier alpha value is -1.19. The van der Waals surface area contributed by atoms with E-state index in [0.29, 0.717) is 48.6 Å². The van der Waals surface area contributed by atoms with E-state index in [9.17, 15) is 14.4 Å². The van der Waals surface area contributed by atoms with E-state index in [4.69, 9.17) is 4.74 Å². The molecule has 4 heteroatoms. The van der Waals surface area contributed by atoms with E-state index >= 15 is 0 Å². The number of Topliss-reactive ketones (excluding diaryl/α,β-unsaturated/α-hetero) is 2. The Labute approximate surface area is 150 Å². The molecule has 7 atom stereocenters. The second-order valence-corrected chi connectivity index (χ2v) is 9.53. The minimum absolute atomic E-state index is 0.0594. The molecule has 0 N–H and O–H groups in total. The molecular formula is C21H30O4. The standard InChI is InChI=1S/C21H30O4/c1-12(22)25-18-11-14-15-4-5-19(24)21(15,3)9-7-16(14)20(2)8-6-13(23)10-17(18)20/h14-18H,4-11H2,1-3H3/t14-,15-,16-,17+,18-,20+,21-/m0/s1. The molecule has 0 aromatic heterocycles. The van der Waals surface area contributed by atoms with E-state index < -0.39 is 0 Å². The molecule has 25 heavy (non-hydrogen) atoms. The second kappa shape index (κ2) is 5.65. The molecule has 0 amide bonds. The van der Waals surface area contributed by atoms with Crippen LogP contribution in [0.15, 0.2) is 0 Å². The van der Waals surface area contributed by atoms with Crippen molar-refractivity contribution in [3.05, 3.63) is 0 Å². The van der Waals surface area contributed by atoms with Crippen molar-refractivity contribution in [3.63, 3.8) is 0 Å². The number of fused-ring (bicyclic) bond motifs is 5. The van der Waals surface area contributed by atoms with Gasteiger partial charge in [-0.15, -0.1) is 0 Å². The van der Waals surface area contributed by atoms with E-state index in [1.165, 1.54) is 6.92 Å². The van der Waals surface area contributed by atoms with Gasteiger partial charge in [0.05, 0.1) is 0 Å². The maximum atomic E-state index is 12.5. The molecule has 0 spiro atoms. The third kappa shape index (κ3) is 2.43. The summed E-state index contributed by atoms with van der Waals surface area (Å²) >= 11 is 0. The molecule has 4 rings (SSSR count). The molecule has 0 aromatic carbocycles. The van der Waals surface area contributed by atoms with Gasteiger partial charge in [-0.25, -0.2) is 0 Å². The monoisotopic (exact) mass is 346 g/mol. The zero-order valence-electron chi connectivity index (χ0n) is 15.7. The Balaban J connectivity index is 1.71. The van der Waals surface area contributed by atoms with Crippen molar-refractivity contribution in [2.75, 3.05) is 0 Å². The summed E-state index contributed by atoms with van der Waals surface area (Å²) in [5.74, 6) is 2.09. The highest BCUT2D eigenvalue weighted by Gasteiger charge is 2.62. The van der Waals surface area contributed by atoms with Gasteiger partial charge < -0.3 is 4.74 Å². The second-order valence-electron chi connectivity index (χ2n) is 9.53. The van der Waals surface area contributed by atoms with Crippen LogP contribution in [0.4, 0.5) is 0 Å². The molecule has 0 aliphatic heterocycles. The van der Waals surface area contributed by atoms with Crippen LogP contribution in [0.3, 0.4) is 0 Å². The number of carbonyl (C=O) groups excluding carboxylic acids is 3. The summed E-state index contributed by atoms with van der Waals surface area (Å²) in [5.41, 5.74) is -0.112. The third-order valence-corrected chi connectivity index (χ3v) is 8.50. The number of ether oxygens (including phenoxy) is 1. The number of ketones is 2. The van der Waals surface area contributed by atoms with E-state index in [1.807, 2.05) is 0 Å². The first-order chi connectivity index (χ1) is 11.8. The fraction of sp³-hybridized carbons (Fsp3) is 0.857. The molecule has 0 unspecified atom stereocenters. The average molecular weight is 346 g/mol. The topological polar surface area (TPSA) is 60.4 Å². The van der Waals surface area contributed by atoms with Gasteiger partial charge in [-0.1, -0.05) is 13.8 Å². The Kier molecular flexibility index (Phi) is 3.90. The van der Waals surface area contributed by atoms with Crippen LogP contribution in [0.2, 0.25) is 0 Å². The molecule has 4 aliphatic rings. The zero-order valence-corrected chi connectivity index (χ0v) is 15.7. The van der Waals surface area contributed by atoms with Crippen LogP contribution >= 0.6 is 0 Å². The quantitative estimate of drug-likeness (QED) is 0.679. The normalized spacial score (nSPS) is 49.2. The first kappa shape index (κ1) is 17.2. The Bertz CT molecular complexity index is 625. The van der Waals surface area contributed by atoms with Crippen molar-refractivity contribution in [1.29, 1.82) is 0 Å². The van der Waals surface area contributed by atoms with E-state index in [1.54, 1.807) is 0 Å². The number of hydrogen-bond donors (Lipinski definition) is 0. The largest absolute Gasteiger partial charge is 0.462 e. The predicted octanol–water partition coefficient (Wildman–Crippen LogP) is 3.71. The lowest BCUT2D eigenvalue weighted by Crippen LogP contribution is -2.58. The van der Waals surface area contributed by atoms with Crippen LogP contribution in [0.5, 0.6) is 0 Å². The maximum Gasteiger partial charge on any atom is 0.302 e. The minimum atomic E-state index is -0.245. The lowest BCUT2D eigenvalue weighted by Gasteiger charge is -2.60. The molecule has 4 aliphatic carbocycles. The number of rotatable bonds is 1. The lowest BCUT2D eigenvalue weighted by molar-refractivity contribution is -0.185. The Morgan fingerprint density at radius 1 is 1.04 bits per heavy atom.